The first-order valence-corrected chi connectivity index (χ1v) is 15.4. The van der Waals surface area contributed by atoms with Gasteiger partial charge in [-0.05, 0) is 84.3 Å². The average Bonchev–Trinajstić information content (AvgIpc) is 3.48. The summed E-state index contributed by atoms with van der Waals surface area (Å²) >= 11 is 0. The zero-order chi connectivity index (χ0) is 34.4. The summed E-state index contributed by atoms with van der Waals surface area (Å²) in [5.41, 5.74) is -0.128. The molecule has 49 heavy (non-hydrogen) atoms. The van der Waals surface area contributed by atoms with Crippen LogP contribution < -0.4 is 14.4 Å². The number of halogens is 2. The highest BCUT2D eigenvalue weighted by Crippen LogP contribution is 2.40. The number of nitrogens with zero attached hydrogens (tertiary/aromatic N) is 2. The number of fused-ring (bicyclic) bond motifs is 2. The van der Waals surface area contributed by atoms with Gasteiger partial charge in [-0.3, -0.25) is 24.1 Å². The Hall–Kier alpha value is -6.16. The molecule has 0 saturated carbocycles. The summed E-state index contributed by atoms with van der Waals surface area (Å²) in [6, 6.07) is 29.3. The van der Waals surface area contributed by atoms with Gasteiger partial charge in [-0.1, -0.05) is 36.4 Å². The maximum atomic E-state index is 14.9. The molecule has 0 radical (unpaired) electrons. The number of hydrogen-bond acceptors (Lipinski definition) is 6. The largest absolute Gasteiger partial charge is 0.457 e. The summed E-state index contributed by atoms with van der Waals surface area (Å²) in [6.45, 7) is -0.444. The number of ether oxygens (including phenoxy) is 2. The highest BCUT2D eigenvalue weighted by Gasteiger charge is 2.42. The number of alkyl halides is 2. The summed E-state index contributed by atoms with van der Waals surface area (Å²) in [5, 5.41) is 0. The zero-order valence-electron chi connectivity index (χ0n) is 26.4. The first-order chi connectivity index (χ1) is 23.6. The van der Waals surface area contributed by atoms with Gasteiger partial charge in [-0.15, -0.1) is 0 Å². The lowest BCUT2D eigenvalue weighted by atomic mass is 9.75. The zero-order valence-corrected chi connectivity index (χ0v) is 26.4. The molecule has 5 aromatic carbocycles. The third-order valence-electron chi connectivity index (χ3n) is 8.88. The number of anilines is 1. The maximum Gasteiger partial charge on any atom is 0.266 e. The topological polar surface area (TPSA) is 93.2 Å². The standard InChI is InChI=1S/C39H28F2N2O6/c1-23-6-3-8-27(16-23)48-29-10-5-11-30(20-29)49-28-9-4-7-26(19-28)43-37(46)32-15-13-25(18-34(32)38(43)47)39(21-40,22-41)24-12-14-31-33(17-24)36(45)42(2)35(31)44/h3-20H,21-22H2,1-2H3. The summed E-state index contributed by atoms with van der Waals surface area (Å²) in [4.78, 5) is 54.2. The van der Waals surface area contributed by atoms with Crippen LogP contribution in [-0.2, 0) is 5.41 Å². The monoisotopic (exact) mass is 658 g/mol. The van der Waals surface area contributed by atoms with Crippen molar-refractivity contribution in [1.29, 1.82) is 0 Å². The van der Waals surface area contributed by atoms with E-state index in [0.717, 1.165) is 15.4 Å². The first-order valence-electron chi connectivity index (χ1n) is 15.4. The van der Waals surface area contributed by atoms with Crippen LogP contribution in [0.15, 0.2) is 109 Å². The third-order valence-corrected chi connectivity index (χ3v) is 8.88. The van der Waals surface area contributed by atoms with Crippen molar-refractivity contribution in [3.63, 3.8) is 0 Å². The van der Waals surface area contributed by atoms with E-state index in [4.69, 9.17) is 9.47 Å². The molecule has 0 N–H and O–H groups in total. The van der Waals surface area contributed by atoms with E-state index in [1.807, 2.05) is 31.2 Å². The van der Waals surface area contributed by atoms with Gasteiger partial charge in [0.2, 0.25) is 0 Å². The molecule has 244 valence electrons. The van der Waals surface area contributed by atoms with Crippen molar-refractivity contribution < 1.29 is 37.4 Å². The number of imide groups is 2. The van der Waals surface area contributed by atoms with Gasteiger partial charge in [0.05, 0.1) is 33.4 Å². The Morgan fingerprint density at radius 2 is 1.02 bits per heavy atom. The smallest absolute Gasteiger partial charge is 0.266 e. The number of hydrogen-bond donors (Lipinski definition) is 0. The maximum absolute atomic E-state index is 14.9. The minimum absolute atomic E-state index is 0.0201. The Balaban J connectivity index is 1.16. The Labute approximate surface area is 280 Å². The number of amides is 4. The van der Waals surface area contributed by atoms with E-state index in [0.29, 0.717) is 23.0 Å². The number of rotatable bonds is 9. The Bertz CT molecular complexity index is 2190. The van der Waals surface area contributed by atoms with Gasteiger partial charge >= 0.3 is 0 Å². The molecule has 8 nitrogen and oxygen atoms in total. The average molecular weight is 659 g/mol. The van der Waals surface area contributed by atoms with Gasteiger partial charge in [-0.25, -0.2) is 13.7 Å². The number of benzene rings is 5. The molecule has 0 bridgehead atoms. The minimum atomic E-state index is -1.89. The molecule has 5 aromatic rings. The molecule has 0 saturated heterocycles. The van der Waals surface area contributed by atoms with Gasteiger partial charge in [0.25, 0.3) is 23.6 Å². The molecule has 0 spiro atoms. The fourth-order valence-electron chi connectivity index (χ4n) is 6.18. The van der Waals surface area contributed by atoms with E-state index in [1.54, 1.807) is 48.5 Å². The van der Waals surface area contributed by atoms with Crippen molar-refractivity contribution in [2.75, 3.05) is 25.3 Å². The summed E-state index contributed by atoms with van der Waals surface area (Å²) in [6.07, 6.45) is 0. The van der Waals surface area contributed by atoms with E-state index in [-0.39, 0.29) is 39.1 Å². The number of aryl methyl sites for hydroxylation is 1. The van der Waals surface area contributed by atoms with Crippen LogP contribution >= 0.6 is 0 Å². The molecule has 7 rings (SSSR count). The Morgan fingerprint density at radius 1 is 0.551 bits per heavy atom. The van der Waals surface area contributed by atoms with E-state index in [2.05, 4.69) is 0 Å². The lowest BCUT2D eigenvalue weighted by molar-refractivity contribution is 0.0692. The van der Waals surface area contributed by atoms with Crippen LogP contribution in [-0.4, -0.2) is 48.9 Å². The normalized spacial score (nSPS) is 14.0. The van der Waals surface area contributed by atoms with Crippen molar-refractivity contribution in [2.45, 2.75) is 12.3 Å². The summed E-state index contributed by atoms with van der Waals surface area (Å²) in [5.74, 6) is -0.305. The number of carbonyl (C=O) groups is 4. The molecular formula is C39H28F2N2O6. The quantitative estimate of drug-likeness (QED) is 0.150. The van der Waals surface area contributed by atoms with Crippen molar-refractivity contribution in [3.05, 3.63) is 148 Å². The van der Waals surface area contributed by atoms with Gasteiger partial charge < -0.3 is 9.47 Å². The third kappa shape index (κ3) is 5.31. The van der Waals surface area contributed by atoms with Gasteiger partial charge in [0, 0.05) is 19.2 Å². The summed E-state index contributed by atoms with van der Waals surface area (Å²) < 4.78 is 41.9. The molecule has 2 aliphatic heterocycles. The van der Waals surface area contributed by atoms with Gasteiger partial charge in [0.1, 0.15) is 36.3 Å². The Kier molecular flexibility index (Phi) is 7.78. The molecule has 0 unspecified atom stereocenters. The number of carbonyl (C=O) groups excluding carboxylic acids is 4. The van der Waals surface area contributed by atoms with Crippen molar-refractivity contribution in [2.24, 2.45) is 0 Å². The molecule has 0 aliphatic carbocycles. The van der Waals surface area contributed by atoms with Gasteiger partial charge in [-0.2, -0.15) is 0 Å². The van der Waals surface area contributed by atoms with Crippen LogP contribution in [0.5, 0.6) is 23.0 Å². The molecule has 0 aromatic heterocycles. The van der Waals surface area contributed by atoms with E-state index < -0.39 is 42.4 Å². The second-order valence-electron chi connectivity index (χ2n) is 12.0. The molecule has 0 atom stereocenters. The lowest BCUT2D eigenvalue weighted by Gasteiger charge is -2.29. The van der Waals surface area contributed by atoms with Crippen LogP contribution in [0.2, 0.25) is 0 Å². The predicted molar refractivity (Wildman–Crippen MR) is 177 cm³/mol. The van der Waals surface area contributed by atoms with Crippen LogP contribution in [0.3, 0.4) is 0 Å². The van der Waals surface area contributed by atoms with E-state index in [9.17, 15) is 28.0 Å². The molecule has 2 aliphatic rings. The highest BCUT2D eigenvalue weighted by atomic mass is 19.1. The fourth-order valence-corrected chi connectivity index (χ4v) is 6.18. The van der Waals surface area contributed by atoms with E-state index in [1.165, 1.54) is 43.4 Å². The molecule has 4 amide bonds. The fraction of sp³-hybridized carbons (Fsp3) is 0.128. The van der Waals surface area contributed by atoms with Crippen molar-refractivity contribution in [3.8, 4) is 23.0 Å². The van der Waals surface area contributed by atoms with Crippen molar-refractivity contribution >= 4 is 29.3 Å². The SMILES string of the molecule is Cc1cccc(Oc2cccc(Oc3cccc(N4C(=O)c5ccc(C(CF)(CF)c6ccc7c(c6)C(=O)N(C)C7=O)cc5C4=O)c3)c2)c1. The molecule has 10 heteroatoms. The van der Waals surface area contributed by atoms with Crippen LogP contribution in [0.1, 0.15) is 58.1 Å². The van der Waals surface area contributed by atoms with Gasteiger partial charge in [0.15, 0.2) is 0 Å². The van der Waals surface area contributed by atoms with Crippen molar-refractivity contribution in [1.82, 2.24) is 4.90 Å². The second-order valence-corrected chi connectivity index (χ2v) is 12.0. The lowest BCUT2D eigenvalue weighted by Crippen LogP contribution is -2.33. The predicted octanol–water partition coefficient (Wildman–Crippen LogP) is 7.83. The molecule has 0 fully saturated rings. The second kappa shape index (κ2) is 12.1. The van der Waals surface area contributed by atoms with Crippen LogP contribution in [0, 0.1) is 6.92 Å². The van der Waals surface area contributed by atoms with Crippen LogP contribution in [0.25, 0.3) is 0 Å². The molecular weight excluding hydrogens is 630 g/mol. The highest BCUT2D eigenvalue weighted by molar-refractivity contribution is 6.34. The summed E-state index contributed by atoms with van der Waals surface area (Å²) in [7, 11) is 1.33. The first kappa shape index (κ1) is 31.4. The minimum Gasteiger partial charge on any atom is -0.457 e. The Morgan fingerprint density at radius 3 is 1.61 bits per heavy atom. The van der Waals surface area contributed by atoms with Crippen LogP contribution in [0.4, 0.5) is 14.5 Å². The molecule has 2 heterocycles. The van der Waals surface area contributed by atoms with E-state index >= 15 is 0 Å².